The van der Waals surface area contributed by atoms with Crippen LogP contribution in [0.15, 0.2) is 18.2 Å². The minimum atomic E-state index is -0.679. The van der Waals surface area contributed by atoms with Gasteiger partial charge in [0.05, 0.1) is 12.7 Å². The van der Waals surface area contributed by atoms with Gasteiger partial charge >= 0.3 is 0 Å². The molecule has 0 amide bonds. The van der Waals surface area contributed by atoms with Gasteiger partial charge in [-0.05, 0) is 25.5 Å². The monoisotopic (exact) mass is 242 g/mol. The first-order chi connectivity index (χ1) is 8.15. The van der Waals surface area contributed by atoms with E-state index in [1.54, 1.807) is 6.92 Å². The summed E-state index contributed by atoms with van der Waals surface area (Å²) in [6, 6.07) is 4.12. The van der Waals surface area contributed by atoms with Crippen LogP contribution < -0.4 is 4.74 Å². The Kier molecular flexibility index (Phi) is 5.94. The maximum absolute atomic E-state index is 13.0. The summed E-state index contributed by atoms with van der Waals surface area (Å²) in [6.45, 7) is 5.15. The molecule has 0 saturated heterocycles. The summed E-state index contributed by atoms with van der Waals surface area (Å²) in [5, 5.41) is 9.50. The third kappa shape index (κ3) is 4.71. The van der Waals surface area contributed by atoms with E-state index in [9.17, 15) is 9.50 Å². The lowest BCUT2D eigenvalue weighted by Gasteiger charge is -2.13. The highest BCUT2D eigenvalue weighted by molar-refractivity contribution is 5.35. The van der Waals surface area contributed by atoms with Crippen LogP contribution in [0.3, 0.4) is 0 Å². The fourth-order valence-electron chi connectivity index (χ4n) is 1.44. The SMILES string of the molecule is CCCOCCOc1cc(F)ccc1[C@H](C)O. The highest BCUT2D eigenvalue weighted by Crippen LogP contribution is 2.25. The number of ether oxygens (including phenoxy) is 2. The van der Waals surface area contributed by atoms with Crippen molar-refractivity contribution in [1.29, 1.82) is 0 Å². The van der Waals surface area contributed by atoms with Crippen molar-refractivity contribution in [2.45, 2.75) is 26.4 Å². The molecule has 0 spiro atoms. The van der Waals surface area contributed by atoms with Crippen LogP contribution >= 0.6 is 0 Å². The van der Waals surface area contributed by atoms with Gasteiger partial charge in [-0.1, -0.05) is 6.92 Å². The number of aliphatic hydroxyl groups excluding tert-OH is 1. The van der Waals surface area contributed by atoms with E-state index < -0.39 is 6.10 Å². The van der Waals surface area contributed by atoms with Gasteiger partial charge in [0.2, 0.25) is 0 Å². The zero-order chi connectivity index (χ0) is 12.7. The van der Waals surface area contributed by atoms with Crippen molar-refractivity contribution in [2.24, 2.45) is 0 Å². The second-order valence-electron chi connectivity index (χ2n) is 3.82. The standard InChI is InChI=1S/C13H19FO3/c1-3-6-16-7-8-17-13-9-11(14)4-5-12(13)10(2)15/h4-5,9-10,15H,3,6-8H2,1-2H3/t10-/m0/s1. The maximum atomic E-state index is 13.0. The molecular formula is C13H19FO3. The first-order valence-electron chi connectivity index (χ1n) is 5.83. The average Bonchev–Trinajstić information content (AvgIpc) is 2.28. The third-order valence-electron chi connectivity index (χ3n) is 2.26. The van der Waals surface area contributed by atoms with Gasteiger partial charge in [0.1, 0.15) is 18.2 Å². The van der Waals surface area contributed by atoms with Crippen LogP contribution in [0.25, 0.3) is 0 Å². The van der Waals surface area contributed by atoms with Crippen LogP contribution in [0.2, 0.25) is 0 Å². The first-order valence-corrected chi connectivity index (χ1v) is 5.83. The van der Waals surface area contributed by atoms with E-state index in [0.717, 1.165) is 6.42 Å². The molecule has 3 nitrogen and oxygen atoms in total. The Bertz CT molecular complexity index is 339. The lowest BCUT2D eigenvalue weighted by Crippen LogP contribution is -2.09. The number of hydrogen-bond acceptors (Lipinski definition) is 3. The summed E-state index contributed by atoms with van der Waals surface area (Å²) < 4.78 is 23.7. The molecular weight excluding hydrogens is 223 g/mol. The Hall–Kier alpha value is -1.13. The van der Waals surface area contributed by atoms with Crippen LogP contribution in [-0.2, 0) is 4.74 Å². The molecule has 1 aromatic carbocycles. The van der Waals surface area contributed by atoms with Crippen molar-refractivity contribution in [3.05, 3.63) is 29.6 Å². The van der Waals surface area contributed by atoms with E-state index in [1.165, 1.54) is 18.2 Å². The molecule has 0 bridgehead atoms. The molecule has 0 fully saturated rings. The zero-order valence-corrected chi connectivity index (χ0v) is 10.3. The van der Waals surface area contributed by atoms with E-state index >= 15 is 0 Å². The Morgan fingerprint density at radius 1 is 1.29 bits per heavy atom. The normalized spacial score (nSPS) is 12.5. The van der Waals surface area contributed by atoms with Gasteiger partial charge in [0.25, 0.3) is 0 Å². The fourth-order valence-corrected chi connectivity index (χ4v) is 1.44. The highest BCUT2D eigenvalue weighted by atomic mass is 19.1. The Morgan fingerprint density at radius 2 is 2.06 bits per heavy atom. The van der Waals surface area contributed by atoms with Crippen molar-refractivity contribution in [1.82, 2.24) is 0 Å². The van der Waals surface area contributed by atoms with Gasteiger partial charge in [-0.25, -0.2) is 4.39 Å². The second-order valence-corrected chi connectivity index (χ2v) is 3.82. The van der Waals surface area contributed by atoms with Crippen molar-refractivity contribution in [2.75, 3.05) is 19.8 Å². The van der Waals surface area contributed by atoms with Crippen molar-refractivity contribution >= 4 is 0 Å². The number of aliphatic hydroxyl groups is 1. The molecule has 0 unspecified atom stereocenters. The predicted molar refractivity (Wildman–Crippen MR) is 63.6 cm³/mol. The van der Waals surface area contributed by atoms with Gasteiger partial charge in [-0.15, -0.1) is 0 Å². The molecule has 1 atom stereocenters. The van der Waals surface area contributed by atoms with Gasteiger partial charge in [0.15, 0.2) is 0 Å². The van der Waals surface area contributed by atoms with Crippen LogP contribution in [0.4, 0.5) is 4.39 Å². The summed E-state index contributed by atoms with van der Waals surface area (Å²) in [5.74, 6) is -0.000949. The smallest absolute Gasteiger partial charge is 0.128 e. The molecule has 4 heteroatoms. The largest absolute Gasteiger partial charge is 0.491 e. The molecule has 1 N–H and O–H groups in total. The first kappa shape index (κ1) is 13.9. The molecule has 0 heterocycles. The van der Waals surface area contributed by atoms with E-state index in [-0.39, 0.29) is 5.82 Å². The summed E-state index contributed by atoms with van der Waals surface area (Å²) in [6.07, 6.45) is 0.279. The Balaban J connectivity index is 2.53. The van der Waals surface area contributed by atoms with Crippen LogP contribution in [0.5, 0.6) is 5.75 Å². The summed E-state index contributed by atoms with van der Waals surface area (Å²) >= 11 is 0. The molecule has 0 aliphatic rings. The molecule has 0 aromatic heterocycles. The molecule has 0 aliphatic carbocycles. The summed E-state index contributed by atoms with van der Waals surface area (Å²) in [5.41, 5.74) is 0.585. The van der Waals surface area contributed by atoms with Crippen LogP contribution in [-0.4, -0.2) is 24.9 Å². The maximum Gasteiger partial charge on any atom is 0.128 e. The highest BCUT2D eigenvalue weighted by Gasteiger charge is 2.10. The van der Waals surface area contributed by atoms with Crippen LogP contribution in [0.1, 0.15) is 31.9 Å². The molecule has 1 rings (SSSR count). The Morgan fingerprint density at radius 3 is 2.71 bits per heavy atom. The third-order valence-corrected chi connectivity index (χ3v) is 2.26. The van der Waals surface area contributed by atoms with E-state index in [0.29, 0.717) is 31.1 Å². The van der Waals surface area contributed by atoms with Crippen LogP contribution in [0, 0.1) is 5.82 Å². The predicted octanol–water partition coefficient (Wildman–Crippen LogP) is 2.68. The summed E-state index contributed by atoms with van der Waals surface area (Å²) in [4.78, 5) is 0. The lowest BCUT2D eigenvalue weighted by molar-refractivity contribution is 0.0985. The number of benzene rings is 1. The average molecular weight is 242 g/mol. The molecule has 0 saturated carbocycles. The Labute approximate surface area is 101 Å². The molecule has 0 aliphatic heterocycles. The quantitative estimate of drug-likeness (QED) is 0.747. The number of rotatable bonds is 7. The minimum absolute atomic E-state index is 0.350. The second kappa shape index (κ2) is 7.25. The van der Waals surface area contributed by atoms with Gasteiger partial charge < -0.3 is 14.6 Å². The zero-order valence-electron chi connectivity index (χ0n) is 10.3. The van der Waals surface area contributed by atoms with Gasteiger partial charge in [-0.3, -0.25) is 0 Å². The van der Waals surface area contributed by atoms with Crippen molar-refractivity contribution in [3.63, 3.8) is 0 Å². The minimum Gasteiger partial charge on any atom is -0.491 e. The number of hydrogen-bond donors (Lipinski definition) is 1. The molecule has 96 valence electrons. The molecule has 0 radical (unpaired) electrons. The van der Waals surface area contributed by atoms with Crippen molar-refractivity contribution < 1.29 is 19.0 Å². The van der Waals surface area contributed by atoms with E-state index in [1.807, 2.05) is 6.92 Å². The van der Waals surface area contributed by atoms with E-state index in [4.69, 9.17) is 9.47 Å². The summed E-state index contributed by atoms with van der Waals surface area (Å²) in [7, 11) is 0. The lowest BCUT2D eigenvalue weighted by atomic mass is 10.1. The molecule has 1 aromatic rings. The van der Waals surface area contributed by atoms with Crippen molar-refractivity contribution in [3.8, 4) is 5.75 Å². The van der Waals surface area contributed by atoms with Gasteiger partial charge in [0, 0.05) is 18.2 Å². The number of halogens is 1. The topological polar surface area (TPSA) is 38.7 Å². The molecule has 17 heavy (non-hydrogen) atoms. The van der Waals surface area contributed by atoms with Gasteiger partial charge in [-0.2, -0.15) is 0 Å². The fraction of sp³-hybridized carbons (Fsp3) is 0.538. The van der Waals surface area contributed by atoms with E-state index in [2.05, 4.69) is 0 Å².